The van der Waals surface area contributed by atoms with Crippen LogP contribution in [0.5, 0.6) is 0 Å². The molecule has 1 atom stereocenters. The lowest BCUT2D eigenvalue weighted by Gasteiger charge is -2.17. The van der Waals surface area contributed by atoms with Crippen molar-refractivity contribution >= 4 is 0 Å². The maximum Gasteiger partial charge on any atom is 0.126 e. The summed E-state index contributed by atoms with van der Waals surface area (Å²) >= 11 is 0. The lowest BCUT2D eigenvalue weighted by atomic mass is 9.94. The molecule has 0 aliphatic carbocycles. The number of hydrogen-bond acceptors (Lipinski definition) is 2. The molecule has 2 nitrogen and oxygen atoms in total. The Bertz CT molecular complexity index is 343. The molecule has 0 spiro atoms. The Morgan fingerprint density at radius 1 is 1.26 bits per heavy atom. The van der Waals surface area contributed by atoms with E-state index < -0.39 is 0 Å². The standard InChI is InChI=1S/C16H26FNO/c1-3-18-13-14(8-7-11-19-4-2)12-15-9-5-6-10-16(15)17/h5-6,9-10,14,18H,3-4,7-8,11-13H2,1-2H3. The molecule has 0 aliphatic rings. The van der Waals surface area contributed by atoms with Gasteiger partial charge in [-0.2, -0.15) is 0 Å². The summed E-state index contributed by atoms with van der Waals surface area (Å²) < 4.78 is 19.0. The molecule has 0 saturated carbocycles. The third-order valence-electron chi connectivity index (χ3n) is 3.25. The fourth-order valence-electron chi connectivity index (χ4n) is 2.22. The van der Waals surface area contributed by atoms with Gasteiger partial charge in [0.25, 0.3) is 0 Å². The van der Waals surface area contributed by atoms with Gasteiger partial charge in [0.1, 0.15) is 5.82 Å². The summed E-state index contributed by atoms with van der Waals surface area (Å²) in [6.45, 7) is 7.58. The number of ether oxygens (including phenoxy) is 1. The molecule has 1 aromatic carbocycles. The molecule has 1 aromatic rings. The van der Waals surface area contributed by atoms with E-state index >= 15 is 0 Å². The van der Waals surface area contributed by atoms with Crippen molar-refractivity contribution in [3.63, 3.8) is 0 Å². The molecule has 0 aliphatic heterocycles. The van der Waals surface area contributed by atoms with E-state index in [1.807, 2.05) is 19.1 Å². The van der Waals surface area contributed by atoms with Gasteiger partial charge in [0, 0.05) is 13.2 Å². The Morgan fingerprint density at radius 3 is 2.74 bits per heavy atom. The van der Waals surface area contributed by atoms with Crippen molar-refractivity contribution < 1.29 is 9.13 Å². The Labute approximate surface area is 116 Å². The minimum Gasteiger partial charge on any atom is -0.382 e. The van der Waals surface area contributed by atoms with E-state index in [-0.39, 0.29) is 5.82 Å². The zero-order valence-electron chi connectivity index (χ0n) is 12.1. The monoisotopic (exact) mass is 267 g/mol. The number of halogens is 1. The molecule has 0 amide bonds. The minimum absolute atomic E-state index is 0.0891. The molecular weight excluding hydrogens is 241 g/mol. The molecule has 0 saturated heterocycles. The van der Waals surface area contributed by atoms with Crippen molar-refractivity contribution in [2.24, 2.45) is 5.92 Å². The predicted molar refractivity (Wildman–Crippen MR) is 77.9 cm³/mol. The molecule has 0 heterocycles. The van der Waals surface area contributed by atoms with Gasteiger partial charge in [0.2, 0.25) is 0 Å². The van der Waals surface area contributed by atoms with Gasteiger partial charge in [-0.1, -0.05) is 25.1 Å². The number of nitrogens with one attached hydrogen (secondary N) is 1. The first kappa shape index (κ1) is 16.1. The smallest absolute Gasteiger partial charge is 0.126 e. The first-order valence-corrected chi connectivity index (χ1v) is 7.29. The van der Waals surface area contributed by atoms with Crippen LogP contribution in [0, 0.1) is 11.7 Å². The van der Waals surface area contributed by atoms with Gasteiger partial charge in [-0.05, 0) is 56.8 Å². The lowest BCUT2D eigenvalue weighted by Crippen LogP contribution is -2.24. The summed E-state index contributed by atoms with van der Waals surface area (Å²) in [4.78, 5) is 0. The second kappa shape index (κ2) is 9.93. The van der Waals surface area contributed by atoms with E-state index in [0.717, 1.165) is 51.1 Å². The van der Waals surface area contributed by atoms with Gasteiger partial charge >= 0.3 is 0 Å². The molecule has 1 rings (SSSR count). The average molecular weight is 267 g/mol. The topological polar surface area (TPSA) is 21.3 Å². The van der Waals surface area contributed by atoms with Crippen molar-refractivity contribution in [2.45, 2.75) is 33.1 Å². The largest absolute Gasteiger partial charge is 0.382 e. The van der Waals surface area contributed by atoms with E-state index in [1.165, 1.54) is 0 Å². The third-order valence-corrected chi connectivity index (χ3v) is 3.25. The van der Waals surface area contributed by atoms with Crippen LogP contribution in [0.4, 0.5) is 4.39 Å². The second-order valence-corrected chi connectivity index (χ2v) is 4.81. The average Bonchev–Trinajstić information content (AvgIpc) is 2.43. The number of benzene rings is 1. The van der Waals surface area contributed by atoms with E-state index in [1.54, 1.807) is 12.1 Å². The molecule has 3 heteroatoms. The van der Waals surface area contributed by atoms with Gasteiger partial charge in [0.05, 0.1) is 0 Å². The van der Waals surface area contributed by atoms with Crippen LogP contribution in [0.2, 0.25) is 0 Å². The second-order valence-electron chi connectivity index (χ2n) is 4.81. The molecule has 19 heavy (non-hydrogen) atoms. The van der Waals surface area contributed by atoms with Crippen LogP contribution in [0.3, 0.4) is 0 Å². The minimum atomic E-state index is -0.0891. The van der Waals surface area contributed by atoms with Crippen LogP contribution in [0.1, 0.15) is 32.3 Å². The molecular formula is C16H26FNO. The van der Waals surface area contributed by atoms with Crippen molar-refractivity contribution in [2.75, 3.05) is 26.3 Å². The summed E-state index contributed by atoms with van der Waals surface area (Å²) in [6.07, 6.45) is 2.91. The van der Waals surface area contributed by atoms with Crippen molar-refractivity contribution in [1.29, 1.82) is 0 Å². The van der Waals surface area contributed by atoms with Gasteiger partial charge in [-0.25, -0.2) is 4.39 Å². The SMILES string of the molecule is CCNCC(CCCOCC)Cc1ccccc1F. The molecule has 1 N–H and O–H groups in total. The van der Waals surface area contributed by atoms with Gasteiger partial charge in [-0.15, -0.1) is 0 Å². The summed E-state index contributed by atoms with van der Waals surface area (Å²) in [5.41, 5.74) is 0.821. The first-order valence-electron chi connectivity index (χ1n) is 7.29. The van der Waals surface area contributed by atoms with Gasteiger partial charge in [-0.3, -0.25) is 0 Å². The first-order chi connectivity index (χ1) is 9.27. The Morgan fingerprint density at radius 2 is 2.05 bits per heavy atom. The highest BCUT2D eigenvalue weighted by Gasteiger charge is 2.11. The van der Waals surface area contributed by atoms with E-state index in [0.29, 0.717) is 5.92 Å². The van der Waals surface area contributed by atoms with Crippen LogP contribution in [0.25, 0.3) is 0 Å². The van der Waals surface area contributed by atoms with E-state index in [4.69, 9.17) is 4.74 Å². The third kappa shape index (κ3) is 6.69. The maximum atomic E-state index is 13.7. The number of hydrogen-bond donors (Lipinski definition) is 1. The zero-order valence-corrected chi connectivity index (χ0v) is 12.1. The Hall–Kier alpha value is -0.930. The summed E-state index contributed by atoms with van der Waals surface area (Å²) in [5.74, 6) is 0.381. The molecule has 0 aromatic heterocycles. The highest BCUT2D eigenvalue weighted by atomic mass is 19.1. The van der Waals surface area contributed by atoms with Crippen molar-refractivity contribution in [3.05, 3.63) is 35.6 Å². The summed E-state index contributed by atoms with van der Waals surface area (Å²) in [5, 5.41) is 3.37. The maximum absolute atomic E-state index is 13.7. The summed E-state index contributed by atoms with van der Waals surface area (Å²) in [6, 6.07) is 7.08. The van der Waals surface area contributed by atoms with Crippen LogP contribution in [-0.2, 0) is 11.2 Å². The van der Waals surface area contributed by atoms with Gasteiger partial charge < -0.3 is 10.1 Å². The van der Waals surface area contributed by atoms with Crippen molar-refractivity contribution in [3.8, 4) is 0 Å². The Balaban J connectivity index is 2.46. The van der Waals surface area contributed by atoms with Crippen LogP contribution in [-0.4, -0.2) is 26.3 Å². The number of rotatable bonds is 10. The highest BCUT2D eigenvalue weighted by molar-refractivity contribution is 5.17. The molecule has 0 radical (unpaired) electrons. The molecule has 108 valence electrons. The fourth-order valence-corrected chi connectivity index (χ4v) is 2.22. The molecule has 1 unspecified atom stereocenters. The van der Waals surface area contributed by atoms with Crippen LogP contribution >= 0.6 is 0 Å². The summed E-state index contributed by atoms with van der Waals surface area (Å²) in [7, 11) is 0. The fraction of sp³-hybridized carbons (Fsp3) is 0.625. The predicted octanol–water partition coefficient (Wildman–Crippen LogP) is 3.41. The van der Waals surface area contributed by atoms with E-state index in [2.05, 4.69) is 12.2 Å². The Kier molecular flexibility index (Phi) is 8.43. The lowest BCUT2D eigenvalue weighted by molar-refractivity contribution is 0.139. The quantitative estimate of drug-likeness (QED) is 0.656. The van der Waals surface area contributed by atoms with Crippen LogP contribution < -0.4 is 5.32 Å². The molecule has 0 fully saturated rings. The van der Waals surface area contributed by atoms with Crippen molar-refractivity contribution in [1.82, 2.24) is 5.32 Å². The molecule has 0 bridgehead atoms. The van der Waals surface area contributed by atoms with E-state index in [9.17, 15) is 4.39 Å². The van der Waals surface area contributed by atoms with Crippen LogP contribution in [0.15, 0.2) is 24.3 Å². The zero-order chi connectivity index (χ0) is 13.9. The van der Waals surface area contributed by atoms with Gasteiger partial charge in [0.15, 0.2) is 0 Å². The highest BCUT2D eigenvalue weighted by Crippen LogP contribution is 2.16. The normalized spacial score (nSPS) is 12.6.